The molecule has 0 unspecified atom stereocenters. The molecule has 0 spiro atoms. The molecule has 220 valence electrons. The number of hydrogen-bond donors (Lipinski definition) is 2. The minimum atomic E-state index is -4.33. The summed E-state index contributed by atoms with van der Waals surface area (Å²) in [6.07, 6.45) is 9.04. The van der Waals surface area contributed by atoms with Gasteiger partial charge < -0.3 is 4.90 Å². The van der Waals surface area contributed by atoms with Gasteiger partial charge in [-0.25, -0.2) is 0 Å². The number of nitrogens with zero attached hydrogens (tertiary/aromatic N) is 2. The van der Waals surface area contributed by atoms with Crippen LogP contribution in [0.3, 0.4) is 0 Å². The van der Waals surface area contributed by atoms with E-state index in [-0.39, 0.29) is 0 Å². The highest BCUT2D eigenvalue weighted by molar-refractivity contribution is 7.86. The second-order valence-electron chi connectivity index (χ2n) is 11.9. The van der Waals surface area contributed by atoms with E-state index in [0.29, 0.717) is 11.4 Å². The Morgan fingerprint density at radius 1 is 0.857 bits per heavy atom. The highest BCUT2D eigenvalue weighted by Crippen LogP contribution is 2.48. The van der Waals surface area contributed by atoms with Crippen LogP contribution < -0.4 is 4.90 Å². The summed E-state index contributed by atoms with van der Waals surface area (Å²) < 4.78 is 69.0. The molecule has 0 atom stereocenters. The van der Waals surface area contributed by atoms with Crippen LogP contribution in [0.2, 0.25) is 0 Å². The van der Waals surface area contributed by atoms with Gasteiger partial charge in [0.15, 0.2) is 11.6 Å². The Morgan fingerprint density at radius 3 is 2.26 bits per heavy atom. The summed E-state index contributed by atoms with van der Waals surface area (Å²) in [4.78, 5) is 1.61. The van der Waals surface area contributed by atoms with Crippen molar-refractivity contribution in [1.29, 1.82) is 0 Å². The molecule has 2 aliphatic rings. The highest BCUT2D eigenvalue weighted by atomic mass is 32.2. The predicted octanol–water partition coefficient (Wildman–Crippen LogP) is 6.01. The summed E-state index contributed by atoms with van der Waals surface area (Å²) in [5, 5.41) is 2.05. The first-order valence-electron chi connectivity index (χ1n) is 13.5. The van der Waals surface area contributed by atoms with Crippen molar-refractivity contribution >= 4 is 48.1 Å². The average molecular weight is 608 g/mol. The summed E-state index contributed by atoms with van der Waals surface area (Å²) in [5.74, 6) is -1.14. The zero-order chi connectivity index (χ0) is 30.7. The largest absolute Gasteiger partial charge is 0.327 e. The second kappa shape index (κ2) is 10.3. The fourth-order valence-corrected chi connectivity index (χ4v) is 7.50. The third-order valence-electron chi connectivity index (χ3n) is 8.12. The van der Waals surface area contributed by atoms with Crippen LogP contribution in [-0.2, 0) is 31.1 Å². The van der Waals surface area contributed by atoms with Crippen LogP contribution in [0.5, 0.6) is 0 Å². The quantitative estimate of drug-likeness (QED) is 0.192. The molecule has 10 heteroatoms. The zero-order valence-corrected chi connectivity index (χ0v) is 25.9. The van der Waals surface area contributed by atoms with Gasteiger partial charge in [-0.1, -0.05) is 74.0 Å². The van der Waals surface area contributed by atoms with E-state index in [4.69, 9.17) is 0 Å². The Labute approximate surface area is 247 Å². The molecular weight excluding hydrogens is 572 g/mol. The van der Waals surface area contributed by atoms with Gasteiger partial charge in [0.2, 0.25) is 5.69 Å². The van der Waals surface area contributed by atoms with Gasteiger partial charge in [-0.15, -0.1) is 0 Å². The fraction of sp³-hybridized carbons (Fsp3) is 0.281. The lowest BCUT2D eigenvalue weighted by molar-refractivity contribution is -0.415. The van der Waals surface area contributed by atoms with E-state index in [0.717, 1.165) is 38.8 Å². The smallest absolute Gasteiger partial charge is 0.326 e. The highest BCUT2D eigenvalue weighted by Gasteiger charge is 2.46. The Morgan fingerprint density at radius 2 is 1.57 bits per heavy atom. The molecule has 5 rings (SSSR count). The SMILES string of the molecule is Cc1ccc2c(c1)C(C)(C)C(=CC=CC=CC1=[N+](CS(=O)(=O)O)c3ccc4ccccc4c3C1(C)C)N2CS(=O)(=O)O. The van der Waals surface area contributed by atoms with Gasteiger partial charge in [0.25, 0.3) is 16.0 Å². The average Bonchev–Trinajstić information content (AvgIpc) is 3.20. The molecule has 0 saturated heterocycles. The van der Waals surface area contributed by atoms with Crippen LogP contribution in [-0.4, -0.2) is 48.0 Å². The molecule has 0 aromatic heterocycles. The number of rotatable bonds is 7. The van der Waals surface area contributed by atoms with Crippen LogP contribution in [0.1, 0.15) is 44.4 Å². The van der Waals surface area contributed by atoms with Crippen LogP contribution in [0.15, 0.2) is 90.7 Å². The molecule has 0 fully saturated rings. The van der Waals surface area contributed by atoms with Gasteiger partial charge in [-0.2, -0.15) is 21.4 Å². The van der Waals surface area contributed by atoms with Crippen molar-refractivity contribution in [2.24, 2.45) is 0 Å². The standard InChI is InChI=1S/C32H34N2O6S2/c1-22-15-17-26-25(19-22)31(2,3)28(33(26)20-41(35,36)37)13-7-6-8-14-29-32(4,5)30-24-12-10-9-11-23(24)16-18-27(30)34(29)21-42(38,39)40/h6-19H,20-21H2,1-5H3,(H-,35,36,37,38,39,40)/p+1. The normalized spacial score (nSPS) is 19.0. The number of anilines is 1. The monoisotopic (exact) mass is 607 g/mol. The lowest BCUT2D eigenvalue weighted by Gasteiger charge is -2.25. The lowest BCUT2D eigenvalue weighted by Crippen LogP contribution is -2.30. The van der Waals surface area contributed by atoms with Crippen molar-refractivity contribution in [2.75, 3.05) is 16.7 Å². The first-order chi connectivity index (χ1) is 19.5. The minimum Gasteiger partial charge on any atom is -0.327 e. The molecule has 0 aliphatic carbocycles. The fourth-order valence-electron chi connectivity index (χ4n) is 6.29. The van der Waals surface area contributed by atoms with E-state index in [1.54, 1.807) is 27.7 Å². The van der Waals surface area contributed by atoms with Gasteiger partial charge in [-0.05, 0) is 55.3 Å². The van der Waals surface area contributed by atoms with Crippen LogP contribution in [0.4, 0.5) is 11.4 Å². The Kier molecular flexibility index (Phi) is 7.34. The van der Waals surface area contributed by atoms with Crippen molar-refractivity contribution in [3.8, 4) is 0 Å². The third kappa shape index (κ3) is 5.47. The van der Waals surface area contributed by atoms with Crippen LogP contribution >= 0.6 is 0 Å². The van der Waals surface area contributed by atoms with E-state index in [1.807, 2.05) is 101 Å². The van der Waals surface area contributed by atoms with Gasteiger partial charge in [-0.3, -0.25) is 9.11 Å². The van der Waals surface area contributed by atoms with Crippen molar-refractivity contribution in [3.63, 3.8) is 0 Å². The Hall–Kier alpha value is -3.57. The van der Waals surface area contributed by atoms with Crippen LogP contribution in [0.25, 0.3) is 10.8 Å². The maximum absolute atomic E-state index is 12.0. The minimum absolute atomic E-state index is 0.517. The van der Waals surface area contributed by atoms with E-state index >= 15 is 0 Å². The van der Waals surface area contributed by atoms with Crippen molar-refractivity contribution in [2.45, 2.75) is 45.4 Å². The molecule has 0 bridgehead atoms. The number of benzene rings is 3. The number of aryl methyl sites for hydroxylation is 1. The first kappa shape index (κ1) is 29.9. The number of allylic oxidation sites excluding steroid dienone is 6. The van der Waals surface area contributed by atoms with Crippen molar-refractivity contribution < 1.29 is 30.5 Å². The molecule has 3 aromatic rings. The second-order valence-corrected chi connectivity index (χ2v) is 14.8. The summed E-state index contributed by atoms with van der Waals surface area (Å²) in [6, 6.07) is 17.6. The summed E-state index contributed by atoms with van der Waals surface area (Å²) in [6.45, 7) is 10.1. The molecule has 3 aromatic carbocycles. The molecule has 8 nitrogen and oxygen atoms in total. The predicted molar refractivity (Wildman–Crippen MR) is 168 cm³/mol. The van der Waals surface area contributed by atoms with E-state index in [1.165, 1.54) is 0 Å². The van der Waals surface area contributed by atoms with Gasteiger partial charge in [0.1, 0.15) is 0 Å². The first-order valence-corrected chi connectivity index (χ1v) is 16.7. The topological polar surface area (TPSA) is 115 Å². The molecule has 0 radical (unpaired) electrons. The molecule has 42 heavy (non-hydrogen) atoms. The molecule has 0 amide bonds. The number of hydrogen-bond acceptors (Lipinski definition) is 5. The van der Waals surface area contributed by atoms with Crippen molar-refractivity contribution in [3.05, 3.63) is 107 Å². The Balaban J connectivity index is 1.53. The Bertz CT molecular complexity index is 1950. The van der Waals surface area contributed by atoms with Gasteiger partial charge in [0, 0.05) is 34.5 Å². The summed E-state index contributed by atoms with van der Waals surface area (Å²) in [5.41, 5.74) is 4.79. The molecule has 2 aliphatic heterocycles. The summed E-state index contributed by atoms with van der Waals surface area (Å²) in [7, 11) is -8.62. The maximum Gasteiger partial charge on any atom is 0.326 e. The third-order valence-corrected chi connectivity index (χ3v) is 9.29. The van der Waals surface area contributed by atoms with E-state index in [2.05, 4.69) is 0 Å². The lowest BCUT2D eigenvalue weighted by atomic mass is 9.79. The van der Waals surface area contributed by atoms with Crippen LogP contribution in [0, 0.1) is 6.92 Å². The molecule has 2 heterocycles. The van der Waals surface area contributed by atoms with Crippen molar-refractivity contribution in [1.82, 2.24) is 0 Å². The summed E-state index contributed by atoms with van der Waals surface area (Å²) >= 11 is 0. The molecular formula is C32H35N2O6S2+. The zero-order valence-electron chi connectivity index (χ0n) is 24.2. The van der Waals surface area contributed by atoms with Gasteiger partial charge >= 0.3 is 10.1 Å². The van der Waals surface area contributed by atoms with Gasteiger partial charge in [0.05, 0.1) is 5.41 Å². The molecule has 2 N–H and O–H groups in total. The molecule has 0 saturated carbocycles. The number of fused-ring (bicyclic) bond motifs is 4. The van der Waals surface area contributed by atoms with E-state index < -0.39 is 42.8 Å². The maximum atomic E-state index is 12.0. The van der Waals surface area contributed by atoms with E-state index in [9.17, 15) is 25.9 Å².